The van der Waals surface area contributed by atoms with Crippen LogP contribution in [0.1, 0.15) is 49.7 Å². The fourth-order valence-electron chi connectivity index (χ4n) is 5.21. The summed E-state index contributed by atoms with van der Waals surface area (Å²) in [6.45, 7) is 8.31. The summed E-state index contributed by atoms with van der Waals surface area (Å²) in [7, 11) is 0. The van der Waals surface area contributed by atoms with E-state index >= 15 is 0 Å². The van der Waals surface area contributed by atoms with Crippen molar-refractivity contribution < 1.29 is 37.0 Å². The number of halogens is 3. The second-order valence-corrected chi connectivity index (χ2v) is 10.9. The van der Waals surface area contributed by atoms with Gasteiger partial charge >= 0.3 is 12.2 Å². The quantitative estimate of drug-likeness (QED) is 0.483. The molecule has 3 aliphatic heterocycles. The van der Waals surface area contributed by atoms with Crippen LogP contribution < -0.4 is 19.9 Å². The largest absolute Gasteiger partial charge is 0.491 e. The Morgan fingerprint density at radius 3 is 2.77 bits per heavy atom. The minimum Gasteiger partial charge on any atom is -0.491 e. The molecule has 0 unspecified atom stereocenters. The third-order valence-electron chi connectivity index (χ3n) is 7.26. The average molecular weight is 564 g/mol. The van der Waals surface area contributed by atoms with Crippen LogP contribution in [0.15, 0.2) is 24.4 Å². The van der Waals surface area contributed by atoms with Gasteiger partial charge in [0.05, 0.1) is 24.3 Å². The molecule has 216 valence electrons. The van der Waals surface area contributed by atoms with Gasteiger partial charge < -0.3 is 19.1 Å². The highest BCUT2D eigenvalue weighted by molar-refractivity contribution is 6.05. The van der Waals surface area contributed by atoms with Crippen LogP contribution in [0.5, 0.6) is 5.75 Å². The monoisotopic (exact) mass is 563 g/mol. The lowest BCUT2D eigenvalue weighted by Gasteiger charge is -2.36. The Labute approximate surface area is 229 Å². The molecule has 2 aromatic heterocycles. The number of ether oxygens (including phenoxy) is 3. The normalized spacial score (nSPS) is 22.2. The molecule has 0 saturated carbocycles. The number of nitrogens with zero attached hydrogens (tertiary/aromatic N) is 4. The van der Waals surface area contributed by atoms with Gasteiger partial charge in [-0.3, -0.25) is 15.0 Å². The first-order chi connectivity index (χ1) is 18.8. The summed E-state index contributed by atoms with van der Waals surface area (Å²) in [5.74, 6) is -2.23. The van der Waals surface area contributed by atoms with Crippen LogP contribution >= 0.6 is 0 Å². The van der Waals surface area contributed by atoms with Gasteiger partial charge in [0, 0.05) is 31.8 Å². The van der Waals surface area contributed by atoms with Crippen molar-refractivity contribution in [1.82, 2.24) is 9.97 Å². The molecule has 40 heavy (non-hydrogen) atoms. The topological polar surface area (TPSA) is 106 Å². The molecule has 0 spiro atoms. The number of anilines is 3. The van der Waals surface area contributed by atoms with Crippen molar-refractivity contribution in [2.75, 3.05) is 41.4 Å². The highest BCUT2D eigenvalue weighted by Gasteiger charge is 2.42. The average Bonchev–Trinajstić information content (AvgIpc) is 3.44. The number of carbonyl (C=O) groups excluding carboxylic acids is 2. The van der Waals surface area contributed by atoms with Crippen LogP contribution in [0.2, 0.25) is 0 Å². The summed E-state index contributed by atoms with van der Waals surface area (Å²) in [5, 5.41) is 2.78. The lowest BCUT2D eigenvalue weighted by Crippen LogP contribution is -2.48. The smallest absolute Gasteiger partial charge is 0.391 e. The number of pyridine rings is 2. The van der Waals surface area contributed by atoms with Crippen LogP contribution in [-0.4, -0.2) is 72.2 Å². The Balaban J connectivity index is 1.34. The standard InChI is InChI=1S/C27H32F3N5O5/c1-15-9-20(21(36)10-16(2)27(28,29)30)32-24-23(15)34-8-6-17(12-34)35(24)25(37)33-22-11-18(5-7-31-22)38-13-19-14-39-26(3,4)40-19/h5,7,9,11,16-17,19H,6,8,10,12-14H2,1-4H3,(H,31,33,37)/t16-,17-,19-/m0/s1. The minimum absolute atomic E-state index is 0.0949. The van der Waals surface area contributed by atoms with Gasteiger partial charge in [0.1, 0.15) is 30.0 Å². The zero-order valence-electron chi connectivity index (χ0n) is 22.7. The molecule has 0 radical (unpaired) electrons. The molecule has 5 heterocycles. The van der Waals surface area contributed by atoms with E-state index in [2.05, 4.69) is 20.2 Å². The van der Waals surface area contributed by atoms with Crippen LogP contribution in [0.25, 0.3) is 0 Å². The van der Waals surface area contributed by atoms with Gasteiger partial charge in [-0.15, -0.1) is 0 Å². The van der Waals surface area contributed by atoms with Crippen molar-refractivity contribution in [1.29, 1.82) is 0 Å². The number of carbonyl (C=O) groups is 2. The van der Waals surface area contributed by atoms with Crippen LogP contribution in [0, 0.1) is 12.8 Å². The Bertz CT molecular complexity index is 1300. The molecule has 2 aromatic rings. The molecule has 13 heteroatoms. The van der Waals surface area contributed by atoms with Gasteiger partial charge in [-0.1, -0.05) is 6.92 Å². The summed E-state index contributed by atoms with van der Waals surface area (Å²) in [6.07, 6.45) is -3.27. The fourth-order valence-corrected chi connectivity index (χ4v) is 5.21. The number of hydrogen-bond acceptors (Lipinski definition) is 8. The number of urea groups is 1. The van der Waals surface area contributed by atoms with E-state index in [1.807, 2.05) is 13.8 Å². The van der Waals surface area contributed by atoms with E-state index in [1.54, 1.807) is 19.1 Å². The summed E-state index contributed by atoms with van der Waals surface area (Å²) in [4.78, 5) is 38.6. The second-order valence-electron chi connectivity index (χ2n) is 10.9. The van der Waals surface area contributed by atoms with Crippen LogP contribution in [0.3, 0.4) is 0 Å². The number of nitrogens with one attached hydrogen (secondary N) is 1. The minimum atomic E-state index is -4.49. The summed E-state index contributed by atoms with van der Waals surface area (Å²) < 4.78 is 56.4. The molecule has 3 aliphatic rings. The van der Waals surface area contributed by atoms with E-state index in [1.165, 1.54) is 17.2 Å². The van der Waals surface area contributed by atoms with Crippen molar-refractivity contribution in [3.63, 3.8) is 0 Å². The summed E-state index contributed by atoms with van der Waals surface area (Å²) >= 11 is 0. The van der Waals surface area contributed by atoms with Gasteiger partial charge in [-0.05, 0) is 44.9 Å². The number of rotatable bonds is 7. The predicted molar refractivity (Wildman–Crippen MR) is 140 cm³/mol. The lowest BCUT2D eigenvalue weighted by atomic mass is 10.0. The maximum atomic E-state index is 13.6. The molecular formula is C27H32F3N5O5. The first kappa shape index (κ1) is 28.1. The Hall–Kier alpha value is -3.45. The first-order valence-corrected chi connectivity index (χ1v) is 13.2. The van der Waals surface area contributed by atoms with Crippen molar-refractivity contribution in [3.05, 3.63) is 35.7 Å². The van der Waals surface area contributed by atoms with Gasteiger partial charge in [0.25, 0.3) is 0 Å². The van der Waals surface area contributed by atoms with Crippen molar-refractivity contribution >= 4 is 29.1 Å². The third kappa shape index (κ3) is 5.85. The van der Waals surface area contributed by atoms with Crippen molar-refractivity contribution in [3.8, 4) is 5.75 Å². The predicted octanol–water partition coefficient (Wildman–Crippen LogP) is 4.72. The van der Waals surface area contributed by atoms with Crippen molar-refractivity contribution in [2.45, 2.75) is 64.6 Å². The molecule has 10 nitrogen and oxygen atoms in total. The number of aryl methyl sites for hydroxylation is 1. The maximum absolute atomic E-state index is 13.6. The number of ketones is 1. The first-order valence-electron chi connectivity index (χ1n) is 13.2. The summed E-state index contributed by atoms with van der Waals surface area (Å²) in [6, 6.07) is 4.02. The molecular weight excluding hydrogens is 531 g/mol. The van der Waals surface area contributed by atoms with E-state index in [9.17, 15) is 22.8 Å². The van der Waals surface area contributed by atoms with E-state index in [4.69, 9.17) is 14.2 Å². The molecule has 1 N–H and O–H groups in total. The zero-order chi connectivity index (χ0) is 28.8. The molecule has 2 bridgehead atoms. The highest BCUT2D eigenvalue weighted by Crippen LogP contribution is 2.42. The molecule has 2 saturated heterocycles. The number of Topliss-reactive ketones (excluding diaryl/α,β-unsaturated/α-hetero) is 1. The Morgan fingerprint density at radius 1 is 1.30 bits per heavy atom. The highest BCUT2D eigenvalue weighted by atomic mass is 19.4. The molecule has 0 aliphatic carbocycles. The van der Waals surface area contributed by atoms with E-state index in [0.717, 1.165) is 6.92 Å². The molecule has 5 rings (SSSR count). The number of alkyl halides is 3. The Morgan fingerprint density at radius 2 is 2.08 bits per heavy atom. The van der Waals surface area contributed by atoms with Crippen molar-refractivity contribution in [2.24, 2.45) is 5.92 Å². The fraction of sp³-hybridized carbons (Fsp3) is 0.556. The van der Waals surface area contributed by atoms with E-state index in [-0.39, 0.29) is 36.1 Å². The Kier molecular flexibility index (Phi) is 7.38. The van der Waals surface area contributed by atoms with Gasteiger partial charge in [-0.25, -0.2) is 14.8 Å². The molecule has 2 fully saturated rings. The van der Waals surface area contributed by atoms with Crippen LogP contribution in [0.4, 0.5) is 35.3 Å². The summed E-state index contributed by atoms with van der Waals surface area (Å²) in [5.41, 5.74) is 1.26. The van der Waals surface area contributed by atoms with Gasteiger partial charge in [0.15, 0.2) is 17.4 Å². The molecule has 3 atom stereocenters. The van der Waals surface area contributed by atoms with Gasteiger partial charge in [-0.2, -0.15) is 13.2 Å². The third-order valence-corrected chi connectivity index (χ3v) is 7.26. The number of aromatic nitrogens is 2. The SMILES string of the molecule is Cc1cc(C(=O)C[C@H](C)C(F)(F)F)nc2c1N1CC[C@@H](C1)N2C(=O)Nc1cc(OC[C@H]2COC(C)(C)O2)ccn1. The van der Waals surface area contributed by atoms with E-state index < -0.39 is 36.1 Å². The zero-order valence-corrected chi connectivity index (χ0v) is 22.7. The van der Waals surface area contributed by atoms with Gasteiger partial charge in [0.2, 0.25) is 0 Å². The maximum Gasteiger partial charge on any atom is 0.391 e. The number of fused-ring (bicyclic) bond motifs is 4. The van der Waals surface area contributed by atoms with Crippen LogP contribution in [-0.2, 0) is 9.47 Å². The number of amides is 2. The van der Waals surface area contributed by atoms with E-state index in [0.29, 0.717) is 43.1 Å². The molecule has 2 amide bonds. The lowest BCUT2D eigenvalue weighted by molar-refractivity contribution is -0.168. The number of hydrogen-bond donors (Lipinski definition) is 1. The second kappa shape index (κ2) is 10.5. The molecule has 0 aromatic carbocycles.